The average Bonchev–Trinajstić information content (AvgIpc) is 2.89. The highest BCUT2D eigenvalue weighted by atomic mass is 32.1. The Morgan fingerprint density at radius 1 is 1.57 bits per heavy atom. The van der Waals surface area contributed by atoms with Crippen molar-refractivity contribution in [1.82, 2.24) is 10.3 Å². The molecular formula is C11H18N2S. The fraction of sp³-hybridized carbons (Fsp3) is 0.727. The van der Waals surface area contributed by atoms with Gasteiger partial charge in [-0.05, 0) is 39.5 Å². The van der Waals surface area contributed by atoms with Gasteiger partial charge in [0.25, 0.3) is 0 Å². The molecule has 3 heteroatoms. The lowest BCUT2D eigenvalue weighted by Gasteiger charge is -2.25. The van der Waals surface area contributed by atoms with Crippen molar-refractivity contribution >= 4 is 11.3 Å². The van der Waals surface area contributed by atoms with Crippen LogP contribution >= 0.6 is 11.3 Å². The van der Waals surface area contributed by atoms with Crippen LogP contribution < -0.4 is 5.32 Å². The number of hydrogen-bond acceptors (Lipinski definition) is 3. The first-order valence-corrected chi connectivity index (χ1v) is 6.12. The summed E-state index contributed by atoms with van der Waals surface area (Å²) in [4.78, 5) is 4.45. The van der Waals surface area contributed by atoms with Gasteiger partial charge in [0.15, 0.2) is 0 Å². The molecule has 1 saturated carbocycles. The van der Waals surface area contributed by atoms with Gasteiger partial charge in [0.1, 0.15) is 5.01 Å². The Hall–Kier alpha value is -0.410. The maximum atomic E-state index is 4.45. The second-order valence-electron chi connectivity index (χ2n) is 4.73. The van der Waals surface area contributed by atoms with Gasteiger partial charge in [-0.2, -0.15) is 0 Å². The van der Waals surface area contributed by atoms with Crippen molar-refractivity contribution in [3.8, 4) is 0 Å². The monoisotopic (exact) mass is 210 g/mol. The van der Waals surface area contributed by atoms with E-state index >= 15 is 0 Å². The van der Waals surface area contributed by atoms with E-state index in [0.717, 1.165) is 18.2 Å². The Kier molecular flexibility index (Phi) is 2.62. The SMILES string of the molecule is Cc1csc(CNC(C)(C)C2CC2)n1. The van der Waals surface area contributed by atoms with Crippen LogP contribution in [0.1, 0.15) is 37.4 Å². The lowest BCUT2D eigenvalue weighted by molar-refractivity contribution is 0.339. The number of hydrogen-bond donors (Lipinski definition) is 1. The minimum atomic E-state index is 0.291. The van der Waals surface area contributed by atoms with Crippen molar-refractivity contribution in [2.75, 3.05) is 0 Å². The zero-order chi connectivity index (χ0) is 10.2. The van der Waals surface area contributed by atoms with Crippen LogP contribution in [-0.4, -0.2) is 10.5 Å². The Morgan fingerprint density at radius 3 is 2.79 bits per heavy atom. The molecule has 0 radical (unpaired) electrons. The third-order valence-corrected chi connectivity index (χ3v) is 3.93. The summed E-state index contributed by atoms with van der Waals surface area (Å²) in [5.74, 6) is 0.878. The molecule has 0 bridgehead atoms. The smallest absolute Gasteiger partial charge is 0.107 e. The van der Waals surface area contributed by atoms with E-state index in [1.54, 1.807) is 11.3 Å². The van der Waals surface area contributed by atoms with Crippen LogP contribution in [-0.2, 0) is 6.54 Å². The van der Waals surface area contributed by atoms with Crippen LogP contribution in [0.3, 0.4) is 0 Å². The van der Waals surface area contributed by atoms with Gasteiger partial charge in [0.05, 0.1) is 0 Å². The van der Waals surface area contributed by atoms with Gasteiger partial charge in [-0.3, -0.25) is 0 Å². The Balaban J connectivity index is 1.87. The fourth-order valence-electron chi connectivity index (χ4n) is 1.74. The normalized spacial score (nSPS) is 17.4. The number of aromatic nitrogens is 1. The quantitative estimate of drug-likeness (QED) is 0.826. The van der Waals surface area contributed by atoms with Crippen LogP contribution in [0.2, 0.25) is 0 Å². The lowest BCUT2D eigenvalue weighted by atomic mass is 9.99. The molecule has 0 atom stereocenters. The van der Waals surface area contributed by atoms with Crippen molar-refractivity contribution in [3.05, 3.63) is 16.1 Å². The van der Waals surface area contributed by atoms with Gasteiger partial charge in [-0.25, -0.2) is 4.98 Å². The highest BCUT2D eigenvalue weighted by molar-refractivity contribution is 7.09. The van der Waals surface area contributed by atoms with Gasteiger partial charge >= 0.3 is 0 Å². The van der Waals surface area contributed by atoms with Gasteiger partial charge in [-0.1, -0.05) is 0 Å². The summed E-state index contributed by atoms with van der Waals surface area (Å²) in [5, 5.41) is 6.92. The van der Waals surface area contributed by atoms with Crippen LogP contribution in [0.15, 0.2) is 5.38 Å². The van der Waals surface area contributed by atoms with Crippen LogP contribution in [0.4, 0.5) is 0 Å². The molecule has 0 spiro atoms. The van der Waals surface area contributed by atoms with Gasteiger partial charge in [0.2, 0.25) is 0 Å². The predicted molar refractivity (Wildman–Crippen MR) is 60.5 cm³/mol. The molecule has 1 aromatic rings. The lowest BCUT2D eigenvalue weighted by Crippen LogP contribution is -2.40. The molecule has 1 aliphatic carbocycles. The minimum absolute atomic E-state index is 0.291. The zero-order valence-corrected chi connectivity index (χ0v) is 9.95. The van der Waals surface area contributed by atoms with Crippen LogP contribution in [0.5, 0.6) is 0 Å². The molecule has 0 saturated heterocycles. The van der Waals surface area contributed by atoms with Crippen LogP contribution in [0.25, 0.3) is 0 Å². The zero-order valence-electron chi connectivity index (χ0n) is 9.13. The third kappa shape index (κ3) is 2.34. The molecule has 0 amide bonds. The van der Waals surface area contributed by atoms with E-state index in [2.05, 4.69) is 29.5 Å². The molecule has 14 heavy (non-hydrogen) atoms. The summed E-state index contributed by atoms with van der Waals surface area (Å²) in [6, 6.07) is 0. The molecule has 1 fully saturated rings. The maximum absolute atomic E-state index is 4.45. The van der Waals surface area contributed by atoms with E-state index in [9.17, 15) is 0 Å². The van der Waals surface area contributed by atoms with Gasteiger partial charge < -0.3 is 5.32 Å². The van der Waals surface area contributed by atoms with Crippen molar-refractivity contribution in [2.45, 2.75) is 45.7 Å². The summed E-state index contributed by atoms with van der Waals surface area (Å²) >= 11 is 1.75. The van der Waals surface area contributed by atoms with E-state index in [0.29, 0.717) is 5.54 Å². The third-order valence-electron chi connectivity index (χ3n) is 2.96. The molecule has 2 nitrogen and oxygen atoms in total. The predicted octanol–water partition coefficient (Wildman–Crippen LogP) is 2.73. The Labute approximate surface area is 89.8 Å². The van der Waals surface area contributed by atoms with Gasteiger partial charge in [0, 0.05) is 23.2 Å². The highest BCUT2D eigenvalue weighted by Gasteiger charge is 2.37. The van der Waals surface area contributed by atoms with Crippen LogP contribution in [0, 0.1) is 12.8 Å². The second-order valence-corrected chi connectivity index (χ2v) is 5.67. The van der Waals surface area contributed by atoms with E-state index < -0.39 is 0 Å². The first-order valence-electron chi connectivity index (χ1n) is 5.24. The van der Waals surface area contributed by atoms with E-state index in [1.807, 2.05) is 6.92 Å². The van der Waals surface area contributed by atoms with Gasteiger partial charge in [-0.15, -0.1) is 11.3 Å². The summed E-state index contributed by atoms with van der Waals surface area (Å²) < 4.78 is 0. The molecule has 0 unspecified atom stereocenters. The first-order chi connectivity index (χ1) is 6.58. The minimum Gasteiger partial charge on any atom is -0.305 e. The standard InChI is InChI=1S/C11H18N2S/c1-8-7-14-10(13-8)6-12-11(2,3)9-4-5-9/h7,9,12H,4-6H2,1-3H3. The highest BCUT2D eigenvalue weighted by Crippen LogP contribution is 2.39. The van der Waals surface area contributed by atoms with Crippen molar-refractivity contribution in [3.63, 3.8) is 0 Å². The topological polar surface area (TPSA) is 24.9 Å². The largest absolute Gasteiger partial charge is 0.305 e. The van der Waals surface area contributed by atoms with Crippen molar-refractivity contribution in [2.24, 2.45) is 5.92 Å². The number of nitrogens with one attached hydrogen (secondary N) is 1. The molecular weight excluding hydrogens is 192 g/mol. The Morgan fingerprint density at radius 2 is 2.29 bits per heavy atom. The first kappa shape index (κ1) is 10.1. The molecule has 0 aromatic carbocycles. The van der Waals surface area contributed by atoms with E-state index in [4.69, 9.17) is 0 Å². The molecule has 1 heterocycles. The summed E-state index contributed by atoms with van der Waals surface area (Å²) in [5.41, 5.74) is 1.43. The van der Waals surface area contributed by atoms with E-state index in [1.165, 1.54) is 17.8 Å². The average molecular weight is 210 g/mol. The molecule has 0 aliphatic heterocycles. The molecule has 78 valence electrons. The number of thiazole rings is 1. The number of nitrogens with zero attached hydrogens (tertiary/aromatic N) is 1. The van der Waals surface area contributed by atoms with Crippen molar-refractivity contribution < 1.29 is 0 Å². The number of aryl methyl sites for hydroxylation is 1. The molecule has 2 rings (SSSR count). The fourth-order valence-corrected chi connectivity index (χ4v) is 2.45. The van der Waals surface area contributed by atoms with Crippen molar-refractivity contribution in [1.29, 1.82) is 0 Å². The number of rotatable bonds is 4. The molecule has 1 aromatic heterocycles. The Bertz CT molecular complexity index is 313. The summed E-state index contributed by atoms with van der Waals surface area (Å²) in [6.07, 6.45) is 2.77. The molecule has 1 N–H and O–H groups in total. The summed E-state index contributed by atoms with van der Waals surface area (Å²) in [7, 11) is 0. The second kappa shape index (κ2) is 3.63. The summed E-state index contributed by atoms with van der Waals surface area (Å²) in [6.45, 7) is 7.56. The maximum Gasteiger partial charge on any atom is 0.107 e. The molecule has 1 aliphatic rings. The van der Waals surface area contributed by atoms with E-state index in [-0.39, 0.29) is 0 Å².